The lowest BCUT2D eigenvalue weighted by Crippen LogP contribution is -2.06. The molecule has 15 heavy (non-hydrogen) atoms. The second-order valence-electron chi connectivity index (χ2n) is 3.35. The summed E-state index contributed by atoms with van der Waals surface area (Å²) >= 11 is 5.98. The summed E-state index contributed by atoms with van der Waals surface area (Å²) in [7, 11) is 0. The van der Waals surface area contributed by atoms with Crippen LogP contribution in [0.5, 0.6) is 5.75 Å². The van der Waals surface area contributed by atoms with E-state index in [4.69, 9.17) is 21.5 Å². The van der Waals surface area contributed by atoms with Crippen LogP contribution in [0.15, 0.2) is 30.4 Å². The van der Waals surface area contributed by atoms with E-state index in [1.165, 1.54) is 0 Å². The van der Waals surface area contributed by atoms with Crippen molar-refractivity contribution in [1.29, 1.82) is 0 Å². The normalized spacial score (nSPS) is 10.1. The molecule has 0 saturated carbocycles. The van der Waals surface area contributed by atoms with E-state index < -0.39 is 0 Å². The minimum atomic E-state index is 0.362. The van der Waals surface area contributed by atoms with Gasteiger partial charge < -0.3 is 9.94 Å². The lowest BCUT2D eigenvalue weighted by Gasteiger charge is -2.08. The molecule has 0 bridgehead atoms. The molecule has 0 fully saturated rings. The maximum absolute atomic E-state index is 8.52. The number of halogens is 1. The van der Waals surface area contributed by atoms with Gasteiger partial charge in [-0.1, -0.05) is 24.2 Å². The van der Waals surface area contributed by atoms with Crippen molar-refractivity contribution in [3.05, 3.63) is 40.9 Å². The molecular formula is C11H14ClNO2. The number of hydrogen-bond acceptors (Lipinski definition) is 3. The molecule has 0 aromatic heterocycles. The SMILES string of the molecule is C=C(C)COc1ccc(CNO)cc1Cl. The molecule has 0 aliphatic carbocycles. The van der Waals surface area contributed by atoms with E-state index in [1.54, 1.807) is 12.1 Å². The van der Waals surface area contributed by atoms with Crippen molar-refractivity contribution in [1.82, 2.24) is 5.48 Å². The van der Waals surface area contributed by atoms with Crippen molar-refractivity contribution in [2.75, 3.05) is 6.61 Å². The largest absolute Gasteiger partial charge is 0.488 e. The van der Waals surface area contributed by atoms with Crippen molar-refractivity contribution >= 4 is 11.6 Å². The maximum atomic E-state index is 8.52. The molecule has 0 saturated heterocycles. The highest BCUT2D eigenvalue weighted by molar-refractivity contribution is 6.32. The van der Waals surface area contributed by atoms with Gasteiger partial charge in [0.2, 0.25) is 0 Å². The summed E-state index contributed by atoms with van der Waals surface area (Å²) in [6.07, 6.45) is 0. The molecule has 0 spiro atoms. The second-order valence-corrected chi connectivity index (χ2v) is 3.75. The van der Waals surface area contributed by atoms with Crippen molar-refractivity contribution < 1.29 is 9.94 Å². The highest BCUT2D eigenvalue weighted by Crippen LogP contribution is 2.25. The van der Waals surface area contributed by atoms with E-state index in [1.807, 2.05) is 13.0 Å². The number of rotatable bonds is 5. The third-order valence-electron chi connectivity index (χ3n) is 1.75. The topological polar surface area (TPSA) is 41.5 Å². The first-order chi connectivity index (χ1) is 7.13. The standard InChI is InChI=1S/C11H14ClNO2/c1-8(2)7-15-11-4-3-9(6-13-14)5-10(11)12/h3-5,13-14H,1,6-7H2,2H3. The van der Waals surface area contributed by atoms with E-state index in [-0.39, 0.29) is 0 Å². The van der Waals surface area contributed by atoms with E-state index >= 15 is 0 Å². The van der Waals surface area contributed by atoms with Crippen LogP contribution in [0.25, 0.3) is 0 Å². The fourth-order valence-electron chi connectivity index (χ4n) is 1.06. The van der Waals surface area contributed by atoms with Crippen molar-refractivity contribution in [3.8, 4) is 5.75 Å². The fourth-order valence-corrected chi connectivity index (χ4v) is 1.32. The van der Waals surface area contributed by atoms with Gasteiger partial charge in [0.1, 0.15) is 12.4 Å². The molecule has 2 N–H and O–H groups in total. The number of nitrogens with one attached hydrogen (secondary N) is 1. The first-order valence-electron chi connectivity index (χ1n) is 4.56. The second kappa shape index (κ2) is 5.75. The van der Waals surface area contributed by atoms with Gasteiger partial charge in [-0.3, -0.25) is 0 Å². The highest BCUT2D eigenvalue weighted by atomic mass is 35.5. The molecule has 0 aliphatic heterocycles. The number of ether oxygens (including phenoxy) is 1. The van der Waals surface area contributed by atoms with Crippen LogP contribution in [-0.2, 0) is 6.54 Å². The van der Waals surface area contributed by atoms with Crippen LogP contribution in [0.3, 0.4) is 0 Å². The van der Waals surface area contributed by atoms with E-state index in [0.29, 0.717) is 23.9 Å². The van der Waals surface area contributed by atoms with Crippen LogP contribution in [0.1, 0.15) is 12.5 Å². The average molecular weight is 228 g/mol. The third kappa shape index (κ3) is 3.91. The van der Waals surface area contributed by atoms with E-state index in [2.05, 4.69) is 12.1 Å². The summed E-state index contributed by atoms with van der Waals surface area (Å²) in [5.74, 6) is 0.626. The lowest BCUT2D eigenvalue weighted by molar-refractivity contribution is 0.161. The molecule has 1 rings (SSSR count). The third-order valence-corrected chi connectivity index (χ3v) is 2.05. The Morgan fingerprint density at radius 2 is 2.33 bits per heavy atom. The Kier molecular flexibility index (Phi) is 4.62. The first-order valence-corrected chi connectivity index (χ1v) is 4.94. The molecule has 0 aliphatic rings. The molecule has 0 radical (unpaired) electrons. The monoisotopic (exact) mass is 227 g/mol. The predicted molar refractivity (Wildman–Crippen MR) is 60.4 cm³/mol. The smallest absolute Gasteiger partial charge is 0.138 e. The van der Waals surface area contributed by atoms with Gasteiger partial charge in [0.05, 0.1) is 5.02 Å². The zero-order valence-corrected chi connectivity index (χ0v) is 9.34. The van der Waals surface area contributed by atoms with Gasteiger partial charge in [0, 0.05) is 6.54 Å². The van der Waals surface area contributed by atoms with Crippen LogP contribution in [-0.4, -0.2) is 11.8 Å². The van der Waals surface area contributed by atoms with Crippen LogP contribution >= 0.6 is 11.6 Å². The van der Waals surface area contributed by atoms with Crippen molar-refractivity contribution in [2.24, 2.45) is 0 Å². The zero-order chi connectivity index (χ0) is 11.3. The molecular weight excluding hydrogens is 214 g/mol. The molecule has 3 nitrogen and oxygen atoms in total. The Hall–Kier alpha value is -1.03. The summed E-state index contributed by atoms with van der Waals surface area (Å²) in [4.78, 5) is 0. The molecule has 4 heteroatoms. The summed E-state index contributed by atoms with van der Waals surface area (Å²) in [5.41, 5.74) is 3.90. The summed E-state index contributed by atoms with van der Waals surface area (Å²) in [5, 5.41) is 9.05. The Morgan fingerprint density at radius 3 is 2.87 bits per heavy atom. The first kappa shape index (κ1) is 12.0. The van der Waals surface area contributed by atoms with Crippen LogP contribution in [0.4, 0.5) is 0 Å². The number of benzene rings is 1. The Labute approximate surface area is 94.3 Å². The fraction of sp³-hybridized carbons (Fsp3) is 0.273. The number of hydroxylamine groups is 1. The molecule has 0 unspecified atom stereocenters. The van der Waals surface area contributed by atoms with Crippen LogP contribution in [0.2, 0.25) is 5.02 Å². The van der Waals surface area contributed by atoms with Gasteiger partial charge in [-0.25, -0.2) is 5.48 Å². The zero-order valence-electron chi connectivity index (χ0n) is 8.59. The molecule has 82 valence electrons. The minimum absolute atomic E-state index is 0.362. The molecule has 0 atom stereocenters. The minimum Gasteiger partial charge on any atom is -0.488 e. The van der Waals surface area contributed by atoms with Crippen molar-refractivity contribution in [2.45, 2.75) is 13.5 Å². The number of hydrogen-bond donors (Lipinski definition) is 2. The predicted octanol–water partition coefficient (Wildman–Crippen LogP) is 2.77. The van der Waals surface area contributed by atoms with Crippen LogP contribution < -0.4 is 10.2 Å². The average Bonchev–Trinajstić information content (AvgIpc) is 2.17. The quantitative estimate of drug-likeness (QED) is 0.601. The molecule has 1 aromatic carbocycles. The Morgan fingerprint density at radius 1 is 1.60 bits per heavy atom. The Balaban J connectivity index is 2.70. The Bertz CT molecular complexity index is 352. The summed E-state index contributed by atoms with van der Waals surface area (Å²) in [6.45, 7) is 6.44. The van der Waals surface area contributed by atoms with Gasteiger partial charge >= 0.3 is 0 Å². The van der Waals surface area contributed by atoms with Gasteiger partial charge in [0.25, 0.3) is 0 Å². The van der Waals surface area contributed by atoms with Crippen molar-refractivity contribution in [3.63, 3.8) is 0 Å². The lowest BCUT2D eigenvalue weighted by atomic mass is 10.2. The highest BCUT2D eigenvalue weighted by Gasteiger charge is 2.02. The van der Waals surface area contributed by atoms with Crippen LogP contribution in [0, 0.1) is 0 Å². The van der Waals surface area contributed by atoms with E-state index in [9.17, 15) is 0 Å². The van der Waals surface area contributed by atoms with E-state index in [0.717, 1.165) is 11.1 Å². The van der Waals surface area contributed by atoms with Gasteiger partial charge in [-0.15, -0.1) is 0 Å². The maximum Gasteiger partial charge on any atom is 0.138 e. The van der Waals surface area contributed by atoms with Gasteiger partial charge in [-0.05, 0) is 30.2 Å². The summed E-state index contributed by atoms with van der Waals surface area (Å²) in [6, 6.07) is 5.36. The van der Waals surface area contributed by atoms with Gasteiger partial charge in [0.15, 0.2) is 0 Å². The molecule has 0 heterocycles. The molecule has 0 amide bonds. The molecule has 1 aromatic rings. The van der Waals surface area contributed by atoms with Gasteiger partial charge in [-0.2, -0.15) is 0 Å². The summed E-state index contributed by atoms with van der Waals surface area (Å²) < 4.78 is 5.42.